The maximum atomic E-state index is 5.86. The lowest BCUT2D eigenvalue weighted by Gasteiger charge is -2.33. The Hall–Kier alpha value is -1.26. The molecule has 1 aliphatic carbocycles. The molecule has 7 nitrogen and oxygen atoms in total. The van der Waals surface area contributed by atoms with Crippen LogP contribution >= 0.6 is 24.0 Å². The van der Waals surface area contributed by atoms with Gasteiger partial charge in [-0.2, -0.15) is 0 Å². The highest BCUT2D eigenvalue weighted by molar-refractivity contribution is 14.0. The highest BCUT2D eigenvalue weighted by Gasteiger charge is 2.37. The number of nitrogens with zero attached hydrogens (tertiary/aromatic N) is 2. The van der Waals surface area contributed by atoms with Gasteiger partial charge in [-0.25, -0.2) is 0 Å². The Morgan fingerprint density at radius 1 is 1.19 bits per heavy atom. The Balaban J connectivity index is 0.00000289. The first-order valence-electron chi connectivity index (χ1n) is 11.7. The van der Waals surface area contributed by atoms with Crippen LogP contribution in [0.5, 0.6) is 11.5 Å². The predicted octanol–water partition coefficient (Wildman–Crippen LogP) is 3.45. The Bertz CT molecular complexity index is 755. The summed E-state index contributed by atoms with van der Waals surface area (Å²) in [6, 6.07) is 6.51. The van der Waals surface area contributed by atoms with Crippen molar-refractivity contribution in [2.75, 3.05) is 66.8 Å². The molecular weight excluding hydrogens is 521 g/mol. The molecule has 32 heavy (non-hydrogen) atoms. The molecule has 0 aromatic heterocycles. The monoisotopic (exact) mass is 559 g/mol. The second-order valence-corrected chi connectivity index (χ2v) is 8.92. The van der Waals surface area contributed by atoms with Gasteiger partial charge in [0.05, 0.1) is 19.8 Å². The van der Waals surface area contributed by atoms with Gasteiger partial charge in [-0.15, -0.1) is 24.0 Å². The summed E-state index contributed by atoms with van der Waals surface area (Å²) in [6.45, 7) is 6.27. The predicted molar refractivity (Wildman–Crippen MR) is 137 cm³/mol. The van der Waals surface area contributed by atoms with Crippen molar-refractivity contribution < 1.29 is 18.9 Å². The number of likely N-dealkylation sites (tertiary alicyclic amines) is 1. The summed E-state index contributed by atoms with van der Waals surface area (Å²) >= 11 is 0. The summed E-state index contributed by atoms with van der Waals surface area (Å²) in [5, 5.41) is 3.71. The van der Waals surface area contributed by atoms with Crippen molar-refractivity contribution in [2.45, 2.75) is 37.5 Å². The number of benzene rings is 1. The SMILES string of the molecule is CN=C(NCC1(c2ccc3c(c2)OCCO3)CCCC1)N1CCC(COCCOC)C1.I. The normalized spacial score (nSPS) is 22.0. The summed E-state index contributed by atoms with van der Waals surface area (Å²) in [4.78, 5) is 6.97. The fourth-order valence-corrected chi connectivity index (χ4v) is 5.13. The fraction of sp³-hybridized carbons (Fsp3) is 0.708. The van der Waals surface area contributed by atoms with Crippen LogP contribution in [0.4, 0.5) is 0 Å². The number of rotatable bonds is 8. The van der Waals surface area contributed by atoms with Crippen LogP contribution in [0.25, 0.3) is 0 Å². The molecule has 1 unspecified atom stereocenters. The van der Waals surface area contributed by atoms with Crippen LogP contribution in [0, 0.1) is 5.92 Å². The lowest BCUT2D eigenvalue weighted by Crippen LogP contribution is -2.46. The first-order valence-corrected chi connectivity index (χ1v) is 11.7. The van der Waals surface area contributed by atoms with E-state index in [1.54, 1.807) is 7.11 Å². The summed E-state index contributed by atoms with van der Waals surface area (Å²) in [7, 11) is 3.59. The van der Waals surface area contributed by atoms with E-state index < -0.39 is 0 Å². The first-order chi connectivity index (χ1) is 15.2. The number of fused-ring (bicyclic) bond motifs is 1. The van der Waals surface area contributed by atoms with Gasteiger partial charge in [0.25, 0.3) is 0 Å². The van der Waals surface area contributed by atoms with Crippen molar-refractivity contribution in [1.29, 1.82) is 0 Å². The van der Waals surface area contributed by atoms with E-state index in [1.165, 1.54) is 31.2 Å². The van der Waals surface area contributed by atoms with Gasteiger partial charge in [-0.05, 0) is 37.0 Å². The van der Waals surface area contributed by atoms with E-state index >= 15 is 0 Å². The Morgan fingerprint density at radius 3 is 2.72 bits per heavy atom. The van der Waals surface area contributed by atoms with E-state index in [2.05, 4.69) is 33.4 Å². The topological polar surface area (TPSA) is 64.6 Å². The smallest absolute Gasteiger partial charge is 0.193 e. The third-order valence-corrected chi connectivity index (χ3v) is 6.88. The van der Waals surface area contributed by atoms with Crippen molar-refractivity contribution in [3.05, 3.63) is 23.8 Å². The van der Waals surface area contributed by atoms with E-state index in [9.17, 15) is 0 Å². The molecule has 0 radical (unpaired) electrons. The molecule has 2 aliphatic heterocycles. The Morgan fingerprint density at radius 2 is 1.97 bits per heavy atom. The molecule has 4 rings (SSSR count). The number of guanidine groups is 1. The van der Waals surface area contributed by atoms with Gasteiger partial charge in [-0.1, -0.05) is 18.9 Å². The third-order valence-electron chi connectivity index (χ3n) is 6.88. The summed E-state index contributed by atoms with van der Waals surface area (Å²) in [6.07, 6.45) is 6.04. The summed E-state index contributed by atoms with van der Waals surface area (Å²) in [5.41, 5.74) is 1.47. The largest absolute Gasteiger partial charge is 0.486 e. The molecule has 180 valence electrons. The van der Waals surface area contributed by atoms with Gasteiger partial charge in [0.15, 0.2) is 17.5 Å². The number of nitrogens with one attached hydrogen (secondary N) is 1. The van der Waals surface area contributed by atoms with Crippen molar-refractivity contribution in [1.82, 2.24) is 10.2 Å². The van der Waals surface area contributed by atoms with Gasteiger partial charge in [0, 0.05) is 45.1 Å². The zero-order valence-corrected chi connectivity index (χ0v) is 21.8. The zero-order chi connectivity index (χ0) is 21.5. The maximum absolute atomic E-state index is 5.86. The van der Waals surface area contributed by atoms with Crippen LogP contribution in [0.3, 0.4) is 0 Å². The van der Waals surface area contributed by atoms with E-state index in [0.717, 1.165) is 50.1 Å². The van der Waals surface area contributed by atoms with E-state index in [0.29, 0.717) is 32.3 Å². The number of hydrogen-bond donors (Lipinski definition) is 1. The first kappa shape index (κ1) is 25.4. The molecule has 0 spiro atoms. The molecule has 1 atom stereocenters. The van der Waals surface area contributed by atoms with Crippen molar-refractivity contribution in [3.63, 3.8) is 0 Å². The third kappa shape index (κ3) is 5.99. The summed E-state index contributed by atoms with van der Waals surface area (Å²) < 4.78 is 22.4. The molecule has 3 aliphatic rings. The molecule has 1 aromatic carbocycles. The lowest BCUT2D eigenvalue weighted by atomic mass is 9.78. The minimum absolute atomic E-state index is 0. The van der Waals surface area contributed by atoms with Crippen LogP contribution in [0.15, 0.2) is 23.2 Å². The Labute approximate surface area is 209 Å². The van der Waals surface area contributed by atoms with Crippen LogP contribution in [0.2, 0.25) is 0 Å². The fourth-order valence-electron chi connectivity index (χ4n) is 5.13. The number of ether oxygens (including phenoxy) is 4. The average molecular weight is 559 g/mol. The van der Waals surface area contributed by atoms with Crippen LogP contribution in [0.1, 0.15) is 37.7 Å². The summed E-state index contributed by atoms with van der Waals surface area (Å²) in [5.74, 6) is 3.30. The molecule has 1 N–H and O–H groups in total. The highest BCUT2D eigenvalue weighted by Crippen LogP contribution is 2.43. The number of halogens is 1. The van der Waals surface area contributed by atoms with Gasteiger partial charge < -0.3 is 29.2 Å². The maximum Gasteiger partial charge on any atom is 0.193 e. The van der Waals surface area contributed by atoms with Crippen molar-refractivity contribution >= 4 is 29.9 Å². The van der Waals surface area contributed by atoms with Crippen LogP contribution in [-0.2, 0) is 14.9 Å². The number of methoxy groups -OCH3 is 1. The second kappa shape index (κ2) is 12.3. The van der Waals surface area contributed by atoms with E-state index in [1.807, 2.05) is 7.05 Å². The van der Waals surface area contributed by atoms with Gasteiger partial charge >= 0.3 is 0 Å². The molecular formula is C24H38IN3O4. The van der Waals surface area contributed by atoms with Gasteiger partial charge in [0.2, 0.25) is 0 Å². The lowest BCUT2D eigenvalue weighted by molar-refractivity contribution is 0.0536. The average Bonchev–Trinajstić information content (AvgIpc) is 3.48. The molecule has 0 bridgehead atoms. The molecule has 1 saturated carbocycles. The van der Waals surface area contributed by atoms with Gasteiger partial charge in [0.1, 0.15) is 13.2 Å². The molecule has 1 aromatic rings. The molecule has 8 heteroatoms. The quantitative estimate of drug-likeness (QED) is 0.228. The second-order valence-electron chi connectivity index (χ2n) is 8.92. The van der Waals surface area contributed by atoms with Crippen LogP contribution in [-0.4, -0.2) is 77.7 Å². The minimum Gasteiger partial charge on any atom is -0.486 e. The van der Waals surface area contributed by atoms with Crippen LogP contribution < -0.4 is 14.8 Å². The molecule has 2 heterocycles. The highest BCUT2D eigenvalue weighted by atomic mass is 127. The molecule has 2 fully saturated rings. The molecule has 0 amide bonds. The number of aliphatic imine (C=N–C) groups is 1. The molecule has 1 saturated heterocycles. The van der Waals surface area contributed by atoms with E-state index in [4.69, 9.17) is 18.9 Å². The van der Waals surface area contributed by atoms with Gasteiger partial charge in [-0.3, -0.25) is 4.99 Å². The van der Waals surface area contributed by atoms with Crippen molar-refractivity contribution in [3.8, 4) is 11.5 Å². The Kier molecular flexibility index (Phi) is 9.73. The standard InChI is InChI=1S/C24H37N3O4.HI/c1-25-23(27-10-7-19(16-27)17-29-12-11-28-2)26-18-24(8-3-4-9-24)20-5-6-21-22(15-20)31-14-13-30-21;/h5-6,15,19H,3-4,7-14,16-18H2,1-2H3,(H,25,26);1H. The van der Waals surface area contributed by atoms with E-state index in [-0.39, 0.29) is 29.4 Å². The number of hydrogen-bond acceptors (Lipinski definition) is 5. The van der Waals surface area contributed by atoms with Crippen molar-refractivity contribution in [2.24, 2.45) is 10.9 Å². The minimum atomic E-state index is 0. The zero-order valence-electron chi connectivity index (χ0n) is 19.4.